The van der Waals surface area contributed by atoms with Crippen molar-refractivity contribution in [1.29, 1.82) is 0 Å². The molecule has 20 heavy (non-hydrogen) atoms. The van der Waals surface area contributed by atoms with E-state index < -0.39 is 5.97 Å². The van der Waals surface area contributed by atoms with Crippen molar-refractivity contribution in [2.75, 3.05) is 6.54 Å². The van der Waals surface area contributed by atoms with E-state index in [-0.39, 0.29) is 11.8 Å². The quantitative estimate of drug-likeness (QED) is 0.600. The molecule has 0 aliphatic rings. The van der Waals surface area contributed by atoms with Crippen molar-refractivity contribution >= 4 is 29.6 Å². The summed E-state index contributed by atoms with van der Waals surface area (Å²) in [6.45, 7) is 2.12. The van der Waals surface area contributed by atoms with Crippen molar-refractivity contribution < 1.29 is 14.7 Å². The maximum absolute atomic E-state index is 11.5. The molecule has 1 atom stereocenters. The van der Waals surface area contributed by atoms with Gasteiger partial charge in [0.05, 0.1) is 5.92 Å². The van der Waals surface area contributed by atoms with Gasteiger partial charge in [-0.25, -0.2) is 0 Å². The number of benzene rings is 1. The summed E-state index contributed by atoms with van der Waals surface area (Å²) in [7, 11) is 0. The summed E-state index contributed by atoms with van der Waals surface area (Å²) in [5.74, 6) is -1.41. The monoisotopic (exact) mass is 295 g/mol. The van der Waals surface area contributed by atoms with Crippen molar-refractivity contribution in [3.63, 3.8) is 0 Å². The lowest BCUT2D eigenvalue weighted by molar-refractivity contribution is -0.141. The van der Waals surface area contributed by atoms with Crippen LogP contribution in [0.1, 0.15) is 25.3 Å². The summed E-state index contributed by atoms with van der Waals surface area (Å²) in [6.07, 6.45) is 4.25. The van der Waals surface area contributed by atoms with E-state index in [0.29, 0.717) is 24.4 Å². The molecule has 0 aromatic heterocycles. The zero-order valence-corrected chi connectivity index (χ0v) is 12.1. The first-order valence-corrected chi connectivity index (χ1v) is 6.81. The van der Waals surface area contributed by atoms with Gasteiger partial charge in [-0.3, -0.25) is 9.59 Å². The van der Waals surface area contributed by atoms with Crippen LogP contribution in [-0.2, 0) is 9.59 Å². The van der Waals surface area contributed by atoms with Gasteiger partial charge in [0.15, 0.2) is 0 Å². The number of aliphatic carboxylic acids is 1. The van der Waals surface area contributed by atoms with Crippen LogP contribution >= 0.6 is 11.6 Å². The molecular formula is C15H18ClNO3. The summed E-state index contributed by atoms with van der Waals surface area (Å²) in [5.41, 5.74) is 0.781. The third-order valence-corrected chi connectivity index (χ3v) is 3.20. The molecule has 5 heteroatoms. The van der Waals surface area contributed by atoms with Crippen LogP contribution in [0.25, 0.3) is 6.08 Å². The highest BCUT2D eigenvalue weighted by atomic mass is 35.5. The Labute approximate surface area is 123 Å². The largest absolute Gasteiger partial charge is 0.481 e. The zero-order valence-electron chi connectivity index (χ0n) is 11.3. The average molecular weight is 296 g/mol. The van der Waals surface area contributed by atoms with E-state index in [1.165, 1.54) is 6.08 Å². The lowest BCUT2D eigenvalue weighted by Gasteiger charge is -2.06. The molecule has 0 spiro atoms. The van der Waals surface area contributed by atoms with Crippen LogP contribution in [0.3, 0.4) is 0 Å². The maximum atomic E-state index is 11.5. The van der Waals surface area contributed by atoms with E-state index in [9.17, 15) is 9.59 Å². The Morgan fingerprint density at radius 3 is 2.75 bits per heavy atom. The molecule has 1 aromatic carbocycles. The number of nitrogens with one attached hydrogen (secondary N) is 1. The molecular weight excluding hydrogens is 278 g/mol. The Hall–Kier alpha value is -1.81. The van der Waals surface area contributed by atoms with Crippen molar-refractivity contribution in [2.24, 2.45) is 5.92 Å². The maximum Gasteiger partial charge on any atom is 0.306 e. The van der Waals surface area contributed by atoms with Gasteiger partial charge >= 0.3 is 5.97 Å². The van der Waals surface area contributed by atoms with Crippen LogP contribution in [-0.4, -0.2) is 23.5 Å². The van der Waals surface area contributed by atoms with Gasteiger partial charge in [-0.1, -0.05) is 36.7 Å². The van der Waals surface area contributed by atoms with Crippen LogP contribution in [0.5, 0.6) is 0 Å². The molecule has 1 unspecified atom stereocenters. The first-order chi connectivity index (χ1) is 9.50. The third-order valence-electron chi connectivity index (χ3n) is 2.85. The Morgan fingerprint density at radius 2 is 2.10 bits per heavy atom. The Bertz CT molecular complexity index is 500. The second kappa shape index (κ2) is 8.38. The van der Waals surface area contributed by atoms with E-state index in [4.69, 9.17) is 16.7 Å². The lowest BCUT2D eigenvalue weighted by atomic mass is 10.1. The van der Waals surface area contributed by atoms with Crippen molar-refractivity contribution in [3.8, 4) is 0 Å². The fourth-order valence-corrected chi connectivity index (χ4v) is 1.78. The molecule has 108 valence electrons. The molecule has 1 aromatic rings. The smallest absolute Gasteiger partial charge is 0.306 e. The Kier molecular flexibility index (Phi) is 6.81. The Morgan fingerprint density at radius 1 is 1.40 bits per heavy atom. The van der Waals surface area contributed by atoms with Gasteiger partial charge in [0, 0.05) is 17.6 Å². The molecule has 0 fully saturated rings. The molecule has 0 bridgehead atoms. The van der Waals surface area contributed by atoms with Crippen molar-refractivity contribution in [1.82, 2.24) is 5.32 Å². The fourth-order valence-electron chi connectivity index (χ4n) is 1.58. The summed E-state index contributed by atoms with van der Waals surface area (Å²) < 4.78 is 0. The van der Waals surface area contributed by atoms with Crippen LogP contribution in [0.2, 0.25) is 5.02 Å². The molecule has 0 aliphatic carbocycles. The van der Waals surface area contributed by atoms with Crippen LogP contribution in [0, 0.1) is 5.92 Å². The summed E-state index contributed by atoms with van der Waals surface area (Å²) in [5, 5.41) is 12.0. The minimum Gasteiger partial charge on any atom is -0.481 e. The molecule has 0 radical (unpaired) electrons. The molecule has 1 amide bonds. The first kappa shape index (κ1) is 16.2. The summed E-state index contributed by atoms with van der Waals surface area (Å²) in [6, 6.07) is 7.24. The number of amides is 1. The van der Waals surface area contributed by atoms with E-state index in [1.54, 1.807) is 19.1 Å². The zero-order chi connectivity index (χ0) is 15.0. The number of carboxylic acids is 1. The highest BCUT2D eigenvalue weighted by Gasteiger charge is 2.09. The topological polar surface area (TPSA) is 66.4 Å². The van der Waals surface area contributed by atoms with Gasteiger partial charge in [-0.15, -0.1) is 0 Å². The van der Waals surface area contributed by atoms with E-state index in [2.05, 4.69) is 5.32 Å². The van der Waals surface area contributed by atoms with Crippen molar-refractivity contribution in [2.45, 2.75) is 19.8 Å². The number of halogens is 1. The van der Waals surface area contributed by atoms with E-state index in [1.807, 2.05) is 18.2 Å². The number of hydrogen-bond acceptors (Lipinski definition) is 2. The molecule has 0 saturated carbocycles. The van der Waals surface area contributed by atoms with Gasteiger partial charge < -0.3 is 10.4 Å². The fraction of sp³-hybridized carbons (Fsp3) is 0.333. The van der Waals surface area contributed by atoms with Crippen LogP contribution < -0.4 is 5.32 Å². The predicted octanol–water partition coefficient (Wildman–Crippen LogP) is 2.97. The van der Waals surface area contributed by atoms with Gasteiger partial charge in [-0.2, -0.15) is 0 Å². The van der Waals surface area contributed by atoms with Crippen LogP contribution in [0.4, 0.5) is 0 Å². The van der Waals surface area contributed by atoms with Gasteiger partial charge in [0.2, 0.25) is 5.91 Å². The highest BCUT2D eigenvalue weighted by molar-refractivity contribution is 6.32. The number of carboxylic acid groups (broad SMARTS) is 1. The molecule has 0 aliphatic heterocycles. The minimum absolute atomic E-state index is 0.215. The average Bonchev–Trinajstić information content (AvgIpc) is 2.42. The van der Waals surface area contributed by atoms with Gasteiger partial charge in [0.1, 0.15) is 0 Å². The molecule has 2 N–H and O–H groups in total. The lowest BCUT2D eigenvalue weighted by Crippen LogP contribution is -2.23. The molecule has 1 rings (SSSR count). The number of carbonyl (C=O) groups excluding carboxylic acids is 1. The highest BCUT2D eigenvalue weighted by Crippen LogP contribution is 2.15. The second-order valence-corrected chi connectivity index (χ2v) is 4.93. The van der Waals surface area contributed by atoms with E-state index in [0.717, 1.165) is 5.56 Å². The summed E-state index contributed by atoms with van der Waals surface area (Å²) in [4.78, 5) is 22.2. The summed E-state index contributed by atoms with van der Waals surface area (Å²) >= 11 is 5.96. The first-order valence-electron chi connectivity index (χ1n) is 6.44. The third kappa shape index (κ3) is 5.89. The SMILES string of the molecule is CC(CCCNC(=O)/C=C/c1ccccc1Cl)C(=O)O. The number of hydrogen-bond donors (Lipinski definition) is 2. The molecule has 4 nitrogen and oxygen atoms in total. The van der Waals surface area contributed by atoms with Crippen molar-refractivity contribution in [3.05, 3.63) is 40.9 Å². The molecule has 0 saturated heterocycles. The minimum atomic E-state index is -0.810. The van der Waals surface area contributed by atoms with Gasteiger partial charge in [-0.05, 0) is 30.5 Å². The normalized spacial score (nSPS) is 12.3. The predicted molar refractivity (Wildman–Crippen MR) is 79.5 cm³/mol. The number of carbonyl (C=O) groups is 2. The second-order valence-electron chi connectivity index (χ2n) is 4.53. The van der Waals surface area contributed by atoms with Gasteiger partial charge in [0.25, 0.3) is 0 Å². The number of rotatable bonds is 7. The standard InChI is InChI=1S/C15H18ClNO3/c1-11(15(19)20)5-4-10-17-14(18)9-8-12-6-2-3-7-13(12)16/h2-3,6-9,11H,4-5,10H2,1H3,(H,17,18)(H,19,20)/b9-8+. The van der Waals surface area contributed by atoms with Crippen LogP contribution in [0.15, 0.2) is 30.3 Å². The Balaban J connectivity index is 2.31. The van der Waals surface area contributed by atoms with E-state index >= 15 is 0 Å². The molecule has 0 heterocycles.